The van der Waals surface area contributed by atoms with E-state index in [4.69, 9.17) is 0 Å². The molecular weight excluding hydrogens is 943 g/mol. The number of imidazole rings is 1. The van der Waals surface area contributed by atoms with Crippen LogP contribution in [0.15, 0.2) is 169 Å². The average molecular weight is 1000 g/mol. The molecule has 1 aliphatic heterocycles. The normalized spacial score (nSPS) is 11.6. The maximum Gasteiger partial charge on any atom is 0.243 e. The fourth-order valence-electron chi connectivity index (χ4n) is 5.46. The predicted molar refractivity (Wildman–Crippen MR) is 287 cm³/mol. The quantitative estimate of drug-likeness (QED) is 0.128. The summed E-state index contributed by atoms with van der Waals surface area (Å²) in [5, 5.41) is 23.9. The third-order valence-electron chi connectivity index (χ3n) is 8.79. The first kappa shape index (κ1) is 56.1. The van der Waals surface area contributed by atoms with Crippen molar-refractivity contribution in [2.75, 3.05) is 0 Å². The number of aromatic nitrogens is 14. The SMILES string of the molecule is CC1CC(=O)NN=N1.Cc1ccccn1.Cc1ccncn1.Cc1cnc2ccccc2c1.Cc1cnccn1.Cc1nc2ccccc2[nH]1.Cc1nc2ccccc2s1.Cc1ncn[nH]1.Cc1nncs1. The van der Waals surface area contributed by atoms with Gasteiger partial charge in [0.25, 0.3) is 0 Å². The van der Waals surface area contributed by atoms with Crippen molar-refractivity contribution in [2.45, 2.75) is 74.8 Å². The zero-order valence-electron chi connectivity index (χ0n) is 41.8. The smallest absolute Gasteiger partial charge is 0.243 e. The molecule has 0 radical (unpaired) electrons. The molecule has 18 nitrogen and oxygen atoms in total. The third kappa shape index (κ3) is 23.7. The number of fused-ring (bicyclic) bond motifs is 3. The minimum absolute atomic E-state index is 0.0486. The van der Waals surface area contributed by atoms with Crippen molar-refractivity contribution in [3.05, 3.63) is 203 Å². The van der Waals surface area contributed by atoms with Gasteiger partial charge in [0.15, 0.2) is 0 Å². The fraction of sp³-hybridized carbons (Fsp3) is 0.212. The first-order valence-corrected chi connectivity index (χ1v) is 24.1. The number of carbonyl (C=O) groups is 1. The molecule has 3 aromatic carbocycles. The van der Waals surface area contributed by atoms with E-state index in [0.29, 0.717) is 6.42 Å². The molecule has 0 saturated carbocycles. The van der Waals surface area contributed by atoms with E-state index in [-0.39, 0.29) is 11.9 Å². The zero-order chi connectivity index (χ0) is 51.8. The topological polar surface area (TPSA) is 240 Å². The number of aromatic amines is 2. The van der Waals surface area contributed by atoms with Crippen LogP contribution in [0.2, 0.25) is 0 Å². The van der Waals surface area contributed by atoms with Crippen LogP contribution in [-0.2, 0) is 4.79 Å². The third-order valence-corrected chi connectivity index (χ3v) is 10.4. The Balaban J connectivity index is 0.000000177. The number of rotatable bonds is 0. The highest BCUT2D eigenvalue weighted by molar-refractivity contribution is 7.18. The number of hydrogen-bond acceptors (Lipinski definition) is 17. The number of H-pyrrole nitrogens is 2. The summed E-state index contributed by atoms with van der Waals surface area (Å²) in [4.78, 5) is 49.5. The zero-order valence-corrected chi connectivity index (χ0v) is 43.4. The highest BCUT2D eigenvalue weighted by Crippen LogP contribution is 2.20. The molecule has 9 heterocycles. The van der Waals surface area contributed by atoms with Crippen LogP contribution in [0.1, 0.15) is 57.7 Å². The molecule has 1 amide bonds. The number of hydrogen-bond donors (Lipinski definition) is 3. The van der Waals surface area contributed by atoms with Gasteiger partial charge < -0.3 is 4.98 Å². The van der Waals surface area contributed by atoms with Crippen molar-refractivity contribution in [2.24, 2.45) is 10.3 Å². The Hall–Kier alpha value is -8.49. The van der Waals surface area contributed by atoms with Gasteiger partial charge in [-0.15, -0.1) is 32.9 Å². The Bertz CT molecular complexity index is 2910. The lowest BCUT2D eigenvalue weighted by molar-refractivity contribution is -0.122. The van der Waals surface area contributed by atoms with E-state index in [1.165, 1.54) is 28.3 Å². The van der Waals surface area contributed by atoms with Crippen molar-refractivity contribution in [1.82, 2.24) is 75.7 Å². The molecular formula is C52H59N17OS2. The minimum Gasteiger partial charge on any atom is -0.342 e. The van der Waals surface area contributed by atoms with E-state index in [2.05, 4.69) is 111 Å². The van der Waals surface area contributed by atoms with Gasteiger partial charge in [0.05, 0.1) is 49.9 Å². The van der Waals surface area contributed by atoms with Crippen LogP contribution in [-0.4, -0.2) is 82.2 Å². The Morgan fingerprint density at radius 1 is 0.597 bits per heavy atom. The predicted octanol–water partition coefficient (Wildman–Crippen LogP) is 11.2. The molecule has 3 N–H and O–H groups in total. The van der Waals surface area contributed by atoms with Crippen molar-refractivity contribution in [3.63, 3.8) is 0 Å². The number of aryl methyl sites for hydroxylation is 8. The second-order valence-electron chi connectivity index (χ2n) is 15.2. The number of benzene rings is 3. The van der Waals surface area contributed by atoms with E-state index in [1.807, 2.05) is 147 Å². The molecule has 11 aromatic rings. The van der Waals surface area contributed by atoms with Crippen LogP contribution in [0.3, 0.4) is 0 Å². The molecule has 12 rings (SSSR count). The number of nitrogens with zero attached hydrogens (tertiary/aromatic N) is 14. The lowest BCUT2D eigenvalue weighted by Gasteiger charge is -2.07. The summed E-state index contributed by atoms with van der Waals surface area (Å²) >= 11 is 3.30. The summed E-state index contributed by atoms with van der Waals surface area (Å²) in [5.41, 5.74) is 12.5. The first-order valence-electron chi connectivity index (χ1n) is 22.5. The molecule has 0 bridgehead atoms. The van der Waals surface area contributed by atoms with Gasteiger partial charge in [-0.1, -0.05) is 53.8 Å². The summed E-state index contributed by atoms with van der Waals surface area (Å²) in [6, 6.07) is 34.3. The van der Waals surface area contributed by atoms with Crippen LogP contribution in [0, 0.1) is 55.4 Å². The second kappa shape index (κ2) is 32.3. The molecule has 370 valence electrons. The Labute approximate surface area is 427 Å². The lowest BCUT2D eigenvalue weighted by Crippen LogP contribution is -2.25. The summed E-state index contributed by atoms with van der Waals surface area (Å²) in [5.74, 6) is 1.78. The molecule has 0 fully saturated rings. The van der Waals surface area contributed by atoms with Crippen molar-refractivity contribution in [1.29, 1.82) is 0 Å². The monoisotopic (exact) mass is 1000 g/mol. The van der Waals surface area contributed by atoms with Crippen molar-refractivity contribution < 1.29 is 4.79 Å². The molecule has 20 heteroatoms. The number of thiazole rings is 1. The lowest BCUT2D eigenvalue weighted by atomic mass is 10.2. The molecule has 1 unspecified atom stereocenters. The van der Waals surface area contributed by atoms with Gasteiger partial charge in [0.2, 0.25) is 5.91 Å². The summed E-state index contributed by atoms with van der Waals surface area (Å²) in [7, 11) is 0. The molecule has 1 aliphatic rings. The van der Waals surface area contributed by atoms with E-state index >= 15 is 0 Å². The summed E-state index contributed by atoms with van der Waals surface area (Å²) in [6.07, 6.45) is 13.9. The number of pyridine rings is 2. The van der Waals surface area contributed by atoms with Crippen molar-refractivity contribution >= 4 is 60.7 Å². The van der Waals surface area contributed by atoms with Gasteiger partial charge in [-0.05, 0) is 122 Å². The van der Waals surface area contributed by atoms with Gasteiger partial charge in [-0.3, -0.25) is 29.8 Å². The number of nitrogens with one attached hydrogen (secondary N) is 3. The van der Waals surface area contributed by atoms with E-state index in [0.717, 1.165) is 60.8 Å². The summed E-state index contributed by atoms with van der Waals surface area (Å²) in [6.45, 7) is 17.5. The van der Waals surface area contributed by atoms with Gasteiger partial charge in [0, 0.05) is 54.0 Å². The number of carbonyl (C=O) groups excluding carboxylic acids is 1. The van der Waals surface area contributed by atoms with Crippen LogP contribution in [0.25, 0.3) is 32.2 Å². The molecule has 0 spiro atoms. The van der Waals surface area contributed by atoms with Gasteiger partial charge in [-0.25, -0.2) is 30.3 Å². The maximum atomic E-state index is 10.4. The Morgan fingerprint density at radius 3 is 1.81 bits per heavy atom. The van der Waals surface area contributed by atoms with Gasteiger partial charge in [0.1, 0.15) is 34.8 Å². The maximum absolute atomic E-state index is 10.4. The fourth-order valence-corrected chi connectivity index (χ4v) is 6.63. The van der Waals surface area contributed by atoms with E-state index < -0.39 is 0 Å². The molecule has 72 heavy (non-hydrogen) atoms. The van der Waals surface area contributed by atoms with Gasteiger partial charge >= 0.3 is 0 Å². The second-order valence-corrected chi connectivity index (χ2v) is 17.5. The largest absolute Gasteiger partial charge is 0.342 e. The molecule has 0 aliphatic carbocycles. The molecule has 1 atom stereocenters. The highest BCUT2D eigenvalue weighted by Gasteiger charge is 2.10. The first-order chi connectivity index (χ1) is 34.8. The van der Waals surface area contributed by atoms with Crippen LogP contribution < -0.4 is 5.43 Å². The van der Waals surface area contributed by atoms with E-state index in [9.17, 15) is 4.79 Å². The minimum atomic E-state index is -0.0486. The number of para-hydroxylation sites is 4. The Kier molecular flexibility index (Phi) is 25.2. The van der Waals surface area contributed by atoms with Crippen LogP contribution in [0.4, 0.5) is 0 Å². The molecule has 8 aromatic heterocycles. The van der Waals surface area contributed by atoms with Crippen LogP contribution >= 0.6 is 22.7 Å². The van der Waals surface area contributed by atoms with Crippen molar-refractivity contribution in [3.8, 4) is 0 Å². The standard InChI is InChI=1S/C10H9N.C8H8N2.C8H7NS.C6H7N.2C5H6N2.C4H7N3O.C3H5N3.C3H4N2S/c1-8-6-9-4-2-3-5-10(9)11-7-8;2*1-6-9-7-4-2-3-5-8(7)10-6;1-6-4-2-3-5-7-6;1-5-4-6-2-3-7-5;1-5-2-3-6-4-7-5;1-3-2-4(8)6-7-5-3;1-3-4-2-5-6-3;1-3-5-4-2-6-3/h2-7H,1H3;2-5H,1H3,(H,9,10);2-5H,1H3;2-5H,1H3;2*2-4H,1H3;3H,2H2,1H3,(H,5,6,8);2H,1H3,(H,4,5,6);2H,1H3. The Morgan fingerprint density at radius 2 is 1.32 bits per heavy atom. The average Bonchev–Trinajstić information content (AvgIpc) is 4.22. The molecule has 0 saturated heterocycles. The van der Waals surface area contributed by atoms with E-state index in [1.54, 1.807) is 59.2 Å². The number of amides is 1. The van der Waals surface area contributed by atoms with Crippen LogP contribution in [0.5, 0.6) is 0 Å². The highest BCUT2D eigenvalue weighted by atomic mass is 32.1. The van der Waals surface area contributed by atoms with Gasteiger partial charge in [-0.2, -0.15) is 10.2 Å². The summed E-state index contributed by atoms with van der Waals surface area (Å²) < 4.78 is 1.28.